The number of hydrogen-bond acceptors (Lipinski definition) is 4. The molecular formula is C20H31N3O3S. The van der Waals surface area contributed by atoms with E-state index >= 15 is 0 Å². The van der Waals surface area contributed by atoms with Gasteiger partial charge in [-0.1, -0.05) is 20.8 Å². The lowest BCUT2D eigenvalue weighted by molar-refractivity contribution is -0.138. The van der Waals surface area contributed by atoms with E-state index < -0.39 is 5.97 Å². The van der Waals surface area contributed by atoms with Gasteiger partial charge >= 0.3 is 12.0 Å². The van der Waals surface area contributed by atoms with E-state index in [1.807, 2.05) is 41.1 Å². The number of nitrogens with one attached hydrogen (secondary N) is 1. The van der Waals surface area contributed by atoms with Gasteiger partial charge in [0.05, 0.1) is 6.54 Å². The van der Waals surface area contributed by atoms with Gasteiger partial charge in [-0.3, -0.25) is 9.69 Å². The van der Waals surface area contributed by atoms with Gasteiger partial charge in [0, 0.05) is 34.5 Å². The Labute approximate surface area is 166 Å². The molecule has 0 aromatic heterocycles. The molecule has 1 aromatic carbocycles. The Balaban J connectivity index is 1.88. The summed E-state index contributed by atoms with van der Waals surface area (Å²) < 4.78 is 0.154. The second-order valence-corrected chi connectivity index (χ2v) is 9.95. The van der Waals surface area contributed by atoms with Crippen LogP contribution in [-0.4, -0.2) is 64.4 Å². The van der Waals surface area contributed by atoms with Gasteiger partial charge in [-0.2, -0.15) is 0 Å². The predicted molar refractivity (Wildman–Crippen MR) is 111 cm³/mol. The van der Waals surface area contributed by atoms with E-state index in [4.69, 9.17) is 5.11 Å². The molecule has 0 spiro atoms. The van der Waals surface area contributed by atoms with Crippen molar-refractivity contribution in [1.82, 2.24) is 9.80 Å². The lowest BCUT2D eigenvalue weighted by atomic mass is 10.1. The van der Waals surface area contributed by atoms with Crippen LogP contribution in [0.3, 0.4) is 0 Å². The number of amides is 2. The molecule has 7 heteroatoms. The minimum absolute atomic E-state index is 0.0375. The first-order valence-electron chi connectivity index (χ1n) is 9.41. The Hall–Kier alpha value is -1.73. The van der Waals surface area contributed by atoms with Crippen molar-refractivity contribution in [2.45, 2.75) is 55.7 Å². The Morgan fingerprint density at radius 3 is 2.48 bits per heavy atom. The van der Waals surface area contributed by atoms with Gasteiger partial charge in [0.15, 0.2) is 0 Å². The third-order valence-corrected chi connectivity index (χ3v) is 5.64. The Morgan fingerprint density at radius 1 is 1.22 bits per heavy atom. The van der Waals surface area contributed by atoms with Crippen LogP contribution < -0.4 is 5.32 Å². The van der Waals surface area contributed by atoms with Crippen LogP contribution in [0.2, 0.25) is 0 Å². The highest BCUT2D eigenvalue weighted by molar-refractivity contribution is 8.00. The number of benzene rings is 1. The van der Waals surface area contributed by atoms with E-state index in [1.54, 1.807) is 11.8 Å². The first-order valence-corrected chi connectivity index (χ1v) is 10.2. The number of carbonyl (C=O) groups excluding carboxylic acids is 1. The summed E-state index contributed by atoms with van der Waals surface area (Å²) in [7, 11) is 1.84. The number of rotatable bonds is 5. The number of anilines is 1. The second kappa shape index (κ2) is 9.46. The van der Waals surface area contributed by atoms with Crippen LogP contribution >= 0.6 is 11.8 Å². The third-order valence-electron chi connectivity index (χ3n) is 4.52. The number of likely N-dealkylation sites (N-methyl/N-ethyl adjacent to an activating group) is 1. The Morgan fingerprint density at radius 2 is 1.89 bits per heavy atom. The van der Waals surface area contributed by atoms with Crippen LogP contribution in [0.15, 0.2) is 29.2 Å². The largest absolute Gasteiger partial charge is 0.480 e. The maximum Gasteiger partial charge on any atom is 0.321 e. The maximum absolute atomic E-state index is 12.6. The first kappa shape index (κ1) is 21.6. The van der Waals surface area contributed by atoms with Crippen LogP contribution in [0.1, 0.15) is 40.0 Å². The summed E-state index contributed by atoms with van der Waals surface area (Å²) in [5.74, 6) is -0.815. The molecule has 6 nitrogen and oxygen atoms in total. The van der Waals surface area contributed by atoms with E-state index in [2.05, 4.69) is 26.1 Å². The monoisotopic (exact) mass is 393 g/mol. The van der Waals surface area contributed by atoms with Gasteiger partial charge < -0.3 is 15.3 Å². The number of urea groups is 1. The number of carbonyl (C=O) groups is 2. The molecule has 1 heterocycles. The third kappa shape index (κ3) is 7.42. The summed E-state index contributed by atoms with van der Waals surface area (Å²) in [5.41, 5.74) is 0.794. The van der Waals surface area contributed by atoms with Gasteiger partial charge in [-0.05, 0) is 50.6 Å². The molecule has 1 aromatic rings. The lowest BCUT2D eigenvalue weighted by Crippen LogP contribution is -2.38. The molecule has 1 atom stereocenters. The van der Waals surface area contributed by atoms with E-state index in [0.29, 0.717) is 13.1 Å². The Bertz CT molecular complexity index is 643. The minimum Gasteiger partial charge on any atom is -0.480 e. The molecule has 1 saturated heterocycles. The van der Waals surface area contributed by atoms with Crippen molar-refractivity contribution >= 4 is 29.4 Å². The fraction of sp³-hybridized carbons (Fsp3) is 0.600. The number of thioether (sulfide) groups is 1. The molecule has 2 rings (SSSR count). The molecule has 1 aliphatic heterocycles. The van der Waals surface area contributed by atoms with Crippen molar-refractivity contribution in [1.29, 1.82) is 0 Å². The van der Waals surface area contributed by atoms with Crippen molar-refractivity contribution in [2.75, 3.05) is 32.0 Å². The van der Waals surface area contributed by atoms with E-state index in [1.165, 1.54) is 4.90 Å². The van der Waals surface area contributed by atoms with Crippen molar-refractivity contribution < 1.29 is 14.7 Å². The highest BCUT2D eigenvalue weighted by atomic mass is 32.2. The average Bonchev–Trinajstić information content (AvgIpc) is 2.81. The van der Waals surface area contributed by atoms with Gasteiger partial charge in [0.1, 0.15) is 0 Å². The van der Waals surface area contributed by atoms with Crippen LogP contribution in [0.25, 0.3) is 0 Å². The fourth-order valence-corrected chi connectivity index (χ4v) is 4.21. The molecule has 0 bridgehead atoms. The van der Waals surface area contributed by atoms with Crippen LogP contribution in [0, 0.1) is 0 Å². The molecule has 150 valence electrons. The van der Waals surface area contributed by atoms with Crippen molar-refractivity contribution in [2.24, 2.45) is 0 Å². The van der Waals surface area contributed by atoms with Crippen LogP contribution in [0.5, 0.6) is 0 Å². The number of aliphatic carboxylic acids is 1. The van der Waals surface area contributed by atoms with Crippen LogP contribution in [0.4, 0.5) is 10.5 Å². The molecule has 1 aliphatic rings. The fourth-order valence-electron chi connectivity index (χ4n) is 3.23. The average molecular weight is 394 g/mol. The zero-order valence-corrected chi connectivity index (χ0v) is 17.5. The number of likely N-dealkylation sites (tertiary alicyclic amines) is 1. The Kier molecular flexibility index (Phi) is 7.56. The quantitative estimate of drug-likeness (QED) is 0.740. The van der Waals surface area contributed by atoms with Gasteiger partial charge in [0.25, 0.3) is 0 Å². The minimum atomic E-state index is -0.815. The molecule has 2 N–H and O–H groups in total. The van der Waals surface area contributed by atoms with E-state index in [9.17, 15) is 9.59 Å². The summed E-state index contributed by atoms with van der Waals surface area (Å²) in [6.07, 6.45) is 2.58. The molecule has 0 saturated carbocycles. The summed E-state index contributed by atoms with van der Waals surface area (Å²) in [5, 5.41) is 11.9. The molecular weight excluding hydrogens is 362 g/mol. The summed E-state index contributed by atoms with van der Waals surface area (Å²) in [6.45, 7) is 7.89. The normalized spacial score (nSPS) is 18.3. The molecule has 2 amide bonds. The SMILES string of the molecule is CN(CC(=O)O)C1CCCN(C(=O)Nc2ccc(SC(C)(C)C)cc2)CC1. The van der Waals surface area contributed by atoms with Gasteiger partial charge in [-0.25, -0.2) is 4.79 Å². The highest BCUT2D eigenvalue weighted by Gasteiger charge is 2.24. The summed E-state index contributed by atoms with van der Waals surface area (Å²) in [4.78, 5) is 28.4. The zero-order valence-electron chi connectivity index (χ0n) is 16.7. The standard InChI is InChI=1S/C20H31N3O3S/c1-20(2,3)27-17-9-7-15(8-10-17)21-19(26)23-12-5-6-16(11-13-23)22(4)14-18(24)25/h7-10,16H,5-6,11-14H2,1-4H3,(H,21,26)(H,24,25). The number of carboxylic acid groups (broad SMARTS) is 1. The van der Waals surface area contributed by atoms with Crippen molar-refractivity contribution in [3.8, 4) is 0 Å². The van der Waals surface area contributed by atoms with Crippen molar-refractivity contribution in [3.63, 3.8) is 0 Å². The van der Waals surface area contributed by atoms with Gasteiger partial charge in [-0.15, -0.1) is 11.8 Å². The predicted octanol–water partition coefficient (Wildman–Crippen LogP) is 3.98. The van der Waals surface area contributed by atoms with E-state index in [0.717, 1.165) is 24.9 Å². The molecule has 27 heavy (non-hydrogen) atoms. The zero-order chi connectivity index (χ0) is 20.0. The maximum atomic E-state index is 12.6. The molecule has 1 unspecified atom stereocenters. The molecule has 0 radical (unpaired) electrons. The summed E-state index contributed by atoms with van der Waals surface area (Å²) >= 11 is 1.80. The first-order chi connectivity index (χ1) is 12.6. The lowest BCUT2D eigenvalue weighted by Gasteiger charge is -2.25. The van der Waals surface area contributed by atoms with Crippen LogP contribution in [-0.2, 0) is 4.79 Å². The smallest absolute Gasteiger partial charge is 0.321 e. The number of carboxylic acids is 1. The molecule has 0 aliphatic carbocycles. The number of nitrogens with zero attached hydrogens (tertiary/aromatic N) is 2. The summed E-state index contributed by atoms with van der Waals surface area (Å²) in [6, 6.07) is 8.05. The van der Waals surface area contributed by atoms with E-state index in [-0.39, 0.29) is 23.4 Å². The number of hydrogen-bond donors (Lipinski definition) is 2. The van der Waals surface area contributed by atoms with Gasteiger partial charge in [0.2, 0.25) is 0 Å². The highest BCUT2D eigenvalue weighted by Crippen LogP contribution is 2.32. The molecule has 1 fully saturated rings. The second-order valence-electron chi connectivity index (χ2n) is 8.05. The topological polar surface area (TPSA) is 72.9 Å². The van der Waals surface area contributed by atoms with Crippen molar-refractivity contribution in [3.05, 3.63) is 24.3 Å².